The van der Waals surface area contributed by atoms with Crippen molar-refractivity contribution in [2.75, 3.05) is 4.90 Å². The van der Waals surface area contributed by atoms with E-state index >= 15 is 0 Å². The number of nitrogens with zero attached hydrogens (tertiary/aromatic N) is 1. The molecule has 0 aliphatic heterocycles. The lowest BCUT2D eigenvalue weighted by atomic mass is 9.78. The third-order valence-corrected chi connectivity index (χ3v) is 15.2. The van der Waals surface area contributed by atoms with Crippen molar-refractivity contribution in [3.8, 4) is 33.4 Å². The summed E-state index contributed by atoms with van der Waals surface area (Å²) < 4.78 is 0. The summed E-state index contributed by atoms with van der Waals surface area (Å²) in [6.07, 6.45) is 20.4. The molecule has 0 bridgehead atoms. The topological polar surface area (TPSA) is 3.24 Å². The van der Waals surface area contributed by atoms with Crippen LogP contribution in [-0.4, -0.2) is 0 Å². The summed E-state index contributed by atoms with van der Waals surface area (Å²) in [5.74, 6) is 2.11. The highest BCUT2D eigenvalue weighted by Gasteiger charge is 2.36. The molecule has 59 heavy (non-hydrogen) atoms. The van der Waals surface area contributed by atoms with Crippen LogP contribution in [0.3, 0.4) is 0 Å². The van der Waals surface area contributed by atoms with Crippen LogP contribution < -0.4 is 4.90 Å². The standard InChI is InChI=1S/C58H63N/c1-40-34-51(30-32-53(40)46-23-15-22-45(35-46)49-37-47(42-18-9-5-10-19-42)36-48(38-49)43-20-11-6-12-21-43)59(50-28-26-44(27-29-50)41-16-7-4-8-17-41)52-31-33-55-54-24-13-14-25-56(54)58(2,3)57(55)39-52/h13-15,22-39,41-43H,4-12,16-21H2,1-3H3. The fourth-order valence-electron chi connectivity index (χ4n) is 11.8. The van der Waals surface area contributed by atoms with Crippen molar-refractivity contribution in [2.45, 2.75) is 140 Å². The minimum absolute atomic E-state index is 0.0592. The van der Waals surface area contributed by atoms with Gasteiger partial charge in [-0.3, -0.25) is 0 Å². The first-order valence-electron chi connectivity index (χ1n) is 23.4. The lowest BCUT2D eigenvalue weighted by Crippen LogP contribution is -2.16. The van der Waals surface area contributed by atoms with E-state index in [1.165, 1.54) is 169 Å². The second-order valence-corrected chi connectivity index (χ2v) is 19.3. The van der Waals surface area contributed by atoms with Gasteiger partial charge in [-0.25, -0.2) is 0 Å². The normalized spacial score (nSPS) is 18.4. The van der Waals surface area contributed by atoms with Crippen molar-refractivity contribution < 1.29 is 0 Å². The Hall–Kier alpha value is -4.88. The van der Waals surface area contributed by atoms with Crippen molar-refractivity contribution in [3.05, 3.63) is 161 Å². The van der Waals surface area contributed by atoms with E-state index in [0.29, 0.717) is 17.8 Å². The Morgan fingerprint density at radius 3 is 1.54 bits per heavy atom. The van der Waals surface area contributed by atoms with Crippen LogP contribution in [0.1, 0.15) is 161 Å². The summed E-state index contributed by atoms with van der Waals surface area (Å²) in [6, 6.07) is 50.1. The lowest BCUT2D eigenvalue weighted by molar-refractivity contribution is 0.435. The maximum absolute atomic E-state index is 2.62. The Balaban J connectivity index is 1.02. The van der Waals surface area contributed by atoms with Crippen LogP contribution >= 0.6 is 0 Å². The van der Waals surface area contributed by atoms with E-state index in [1.807, 2.05) is 0 Å². The molecule has 1 heteroatoms. The minimum Gasteiger partial charge on any atom is -0.310 e. The molecule has 6 aromatic carbocycles. The van der Waals surface area contributed by atoms with E-state index < -0.39 is 0 Å². The molecule has 0 amide bonds. The Morgan fingerprint density at radius 2 is 0.915 bits per heavy atom. The number of benzene rings is 6. The molecule has 300 valence electrons. The quantitative estimate of drug-likeness (QED) is 0.149. The van der Waals surface area contributed by atoms with E-state index in [9.17, 15) is 0 Å². The summed E-state index contributed by atoms with van der Waals surface area (Å²) in [5.41, 5.74) is 20.5. The van der Waals surface area contributed by atoms with Gasteiger partial charge in [0.05, 0.1) is 0 Å². The molecular formula is C58H63N. The van der Waals surface area contributed by atoms with Gasteiger partial charge in [-0.15, -0.1) is 0 Å². The highest BCUT2D eigenvalue weighted by atomic mass is 15.1. The van der Waals surface area contributed by atoms with E-state index in [1.54, 1.807) is 11.1 Å². The molecule has 10 rings (SSSR count). The molecule has 0 N–H and O–H groups in total. The zero-order valence-corrected chi connectivity index (χ0v) is 35.9. The molecular weight excluding hydrogens is 711 g/mol. The minimum atomic E-state index is -0.0592. The lowest BCUT2D eigenvalue weighted by Gasteiger charge is -2.29. The molecule has 0 saturated heterocycles. The molecule has 0 atom stereocenters. The Labute approximate surface area is 354 Å². The maximum Gasteiger partial charge on any atom is 0.0465 e. The van der Waals surface area contributed by atoms with Crippen molar-refractivity contribution in [1.29, 1.82) is 0 Å². The third kappa shape index (κ3) is 7.49. The summed E-state index contributed by atoms with van der Waals surface area (Å²) in [6.45, 7) is 7.09. The molecule has 4 aliphatic rings. The number of anilines is 3. The van der Waals surface area contributed by atoms with Gasteiger partial charge in [-0.05, 0) is 172 Å². The van der Waals surface area contributed by atoms with Gasteiger partial charge in [0, 0.05) is 22.5 Å². The zero-order chi connectivity index (χ0) is 39.9. The van der Waals surface area contributed by atoms with E-state index in [-0.39, 0.29) is 5.41 Å². The summed E-state index contributed by atoms with van der Waals surface area (Å²) in [4.78, 5) is 2.50. The van der Waals surface area contributed by atoms with Gasteiger partial charge >= 0.3 is 0 Å². The molecule has 1 nitrogen and oxygen atoms in total. The monoisotopic (exact) mass is 773 g/mol. The van der Waals surface area contributed by atoms with E-state index in [2.05, 4.69) is 153 Å². The van der Waals surface area contributed by atoms with Crippen molar-refractivity contribution in [3.63, 3.8) is 0 Å². The molecule has 3 fully saturated rings. The maximum atomic E-state index is 2.62. The molecule has 0 unspecified atom stereocenters. The number of hydrogen-bond acceptors (Lipinski definition) is 1. The van der Waals surface area contributed by atoms with E-state index in [4.69, 9.17) is 0 Å². The van der Waals surface area contributed by atoms with Gasteiger partial charge in [0.1, 0.15) is 0 Å². The van der Waals surface area contributed by atoms with Crippen LogP contribution in [0.4, 0.5) is 17.1 Å². The fourth-order valence-corrected chi connectivity index (χ4v) is 11.8. The number of hydrogen-bond donors (Lipinski definition) is 0. The van der Waals surface area contributed by atoms with Gasteiger partial charge in [-0.2, -0.15) is 0 Å². The Morgan fingerprint density at radius 1 is 0.390 bits per heavy atom. The predicted molar refractivity (Wildman–Crippen MR) is 252 cm³/mol. The SMILES string of the molecule is Cc1cc(N(c2ccc(C3CCCCC3)cc2)c2ccc3c(c2)C(C)(C)c2ccccc2-3)ccc1-c1cccc(-c2cc(C3CCCCC3)cc(C3CCCCC3)c2)c1. The highest BCUT2D eigenvalue weighted by Crippen LogP contribution is 2.51. The first-order valence-corrected chi connectivity index (χ1v) is 23.4. The zero-order valence-electron chi connectivity index (χ0n) is 35.9. The molecule has 0 aromatic heterocycles. The largest absolute Gasteiger partial charge is 0.310 e. The second-order valence-electron chi connectivity index (χ2n) is 19.3. The Kier molecular flexibility index (Phi) is 10.6. The Bertz CT molecular complexity index is 2390. The van der Waals surface area contributed by atoms with Gasteiger partial charge in [0.2, 0.25) is 0 Å². The number of rotatable bonds is 8. The third-order valence-electron chi connectivity index (χ3n) is 15.2. The molecule has 0 radical (unpaired) electrons. The molecule has 0 spiro atoms. The average Bonchev–Trinajstić information content (AvgIpc) is 3.52. The first kappa shape index (κ1) is 38.3. The highest BCUT2D eigenvalue weighted by molar-refractivity contribution is 5.86. The van der Waals surface area contributed by atoms with E-state index in [0.717, 1.165) is 0 Å². The molecule has 3 saturated carbocycles. The van der Waals surface area contributed by atoms with Gasteiger partial charge in [-0.1, -0.05) is 157 Å². The predicted octanol–water partition coefficient (Wildman–Crippen LogP) is 17.2. The second kappa shape index (κ2) is 16.3. The number of aryl methyl sites for hydroxylation is 1. The smallest absolute Gasteiger partial charge is 0.0465 e. The summed E-state index contributed by atoms with van der Waals surface area (Å²) in [5, 5.41) is 0. The van der Waals surface area contributed by atoms with Crippen LogP contribution in [0.15, 0.2) is 127 Å². The van der Waals surface area contributed by atoms with Crippen LogP contribution in [0, 0.1) is 6.92 Å². The molecule has 0 heterocycles. The van der Waals surface area contributed by atoms with Crippen molar-refractivity contribution >= 4 is 17.1 Å². The van der Waals surface area contributed by atoms with Crippen LogP contribution in [0.2, 0.25) is 0 Å². The number of fused-ring (bicyclic) bond motifs is 3. The van der Waals surface area contributed by atoms with Crippen molar-refractivity contribution in [2.24, 2.45) is 0 Å². The molecule has 4 aliphatic carbocycles. The molecule has 6 aromatic rings. The summed E-state index contributed by atoms with van der Waals surface area (Å²) >= 11 is 0. The van der Waals surface area contributed by atoms with Crippen LogP contribution in [0.25, 0.3) is 33.4 Å². The van der Waals surface area contributed by atoms with Crippen LogP contribution in [-0.2, 0) is 5.41 Å². The van der Waals surface area contributed by atoms with Crippen molar-refractivity contribution in [1.82, 2.24) is 0 Å². The van der Waals surface area contributed by atoms with Gasteiger partial charge in [0.15, 0.2) is 0 Å². The fraction of sp³-hybridized carbons (Fsp3) is 0.379. The average molecular weight is 774 g/mol. The summed E-state index contributed by atoms with van der Waals surface area (Å²) in [7, 11) is 0. The van der Waals surface area contributed by atoms with Crippen LogP contribution in [0.5, 0.6) is 0 Å². The van der Waals surface area contributed by atoms with Gasteiger partial charge < -0.3 is 4.90 Å². The van der Waals surface area contributed by atoms with Gasteiger partial charge in [0.25, 0.3) is 0 Å². The first-order chi connectivity index (χ1) is 28.9.